The van der Waals surface area contributed by atoms with Gasteiger partial charge in [-0.2, -0.15) is 5.10 Å². The highest BCUT2D eigenvalue weighted by atomic mass is 16.6. The molecule has 7 nitrogen and oxygen atoms in total. The minimum Gasteiger partial charge on any atom is -0.493 e. The van der Waals surface area contributed by atoms with Gasteiger partial charge in [-0.25, -0.2) is 5.43 Å². The lowest BCUT2D eigenvalue weighted by molar-refractivity contribution is -0.384. The second-order valence-corrected chi connectivity index (χ2v) is 6.23. The van der Waals surface area contributed by atoms with Gasteiger partial charge in [0, 0.05) is 17.7 Å². The summed E-state index contributed by atoms with van der Waals surface area (Å²) in [4.78, 5) is 22.6. The lowest BCUT2D eigenvalue weighted by Gasteiger charge is -2.08. The number of hydrogen-bond donors (Lipinski definition) is 1. The quantitative estimate of drug-likeness (QED) is 0.436. The number of hydrogen-bond acceptors (Lipinski definition) is 5. The second kappa shape index (κ2) is 9.47. The molecule has 1 amide bonds. The molecule has 142 valence electrons. The Kier molecular flexibility index (Phi) is 7.05. The van der Waals surface area contributed by atoms with Crippen molar-refractivity contribution in [2.24, 2.45) is 5.10 Å². The number of benzene rings is 2. The maximum absolute atomic E-state index is 12.1. The van der Waals surface area contributed by atoms with Crippen LogP contribution in [0.4, 0.5) is 5.69 Å². The third-order valence-corrected chi connectivity index (χ3v) is 3.91. The van der Waals surface area contributed by atoms with E-state index in [1.807, 2.05) is 39.0 Å². The van der Waals surface area contributed by atoms with Crippen LogP contribution in [-0.4, -0.2) is 23.7 Å². The SMILES string of the molecule is CCCOc1ccc([N+](=O)[O-])cc1/C=N\NC(=O)Cc1ccc(C)cc1C. The minimum absolute atomic E-state index is 0.0677. The second-order valence-electron chi connectivity index (χ2n) is 6.23. The molecule has 0 bridgehead atoms. The van der Waals surface area contributed by atoms with Crippen LogP contribution in [0.2, 0.25) is 0 Å². The first-order valence-corrected chi connectivity index (χ1v) is 8.70. The van der Waals surface area contributed by atoms with Gasteiger partial charge in [0.05, 0.1) is 24.2 Å². The lowest BCUT2D eigenvalue weighted by atomic mass is 10.0. The Balaban J connectivity index is 2.08. The van der Waals surface area contributed by atoms with Gasteiger partial charge in [0.15, 0.2) is 0 Å². The van der Waals surface area contributed by atoms with Gasteiger partial charge in [-0.1, -0.05) is 30.7 Å². The van der Waals surface area contributed by atoms with Crippen LogP contribution < -0.4 is 10.2 Å². The number of nitrogens with one attached hydrogen (secondary N) is 1. The third-order valence-electron chi connectivity index (χ3n) is 3.91. The highest BCUT2D eigenvalue weighted by Gasteiger charge is 2.11. The van der Waals surface area contributed by atoms with E-state index in [1.165, 1.54) is 24.4 Å². The van der Waals surface area contributed by atoms with Crippen LogP contribution in [0.5, 0.6) is 5.75 Å². The van der Waals surface area contributed by atoms with Gasteiger partial charge in [-0.15, -0.1) is 0 Å². The molecule has 2 aromatic carbocycles. The number of nitro groups is 1. The van der Waals surface area contributed by atoms with Crippen LogP contribution in [0.3, 0.4) is 0 Å². The van der Waals surface area contributed by atoms with Gasteiger partial charge in [0.25, 0.3) is 5.69 Å². The van der Waals surface area contributed by atoms with Gasteiger partial charge in [0.1, 0.15) is 5.75 Å². The van der Waals surface area contributed by atoms with Gasteiger partial charge in [-0.3, -0.25) is 14.9 Å². The van der Waals surface area contributed by atoms with E-state index in [4.69, 9.17) is 4.74 Å². The molecule has 0 unspecified atom stereocenters. The van der Waals surface area contributed by atoms with Gasteiger partial charge < -0.3 is 4.74 Å². The Bertz CT molecular complexity index is 862. The van der Waals surface area contributed by atoms with Gasteiger partial charge in [0.2, 0.25) is 5.91 Å². The summed E-state index contributed by atoms with van der Waals surface area (Å²) in [6.07, 6.45) is 2.37. The number of nitro benzene ring substituents is 1. The Morgan fingerprint density at radius 2 is 2.04 bits per heavy atom. The normalized spacial score (nSPS) is 10.8. The Morgan fingerprint density at radius 3 is 2.70 bits per heavy atom. The summed E-state index contributed by atoms with van der Waals surface area (Å²) in [7, 11) is 0. The molecular weight excluding hydrogens is 346 g/mol. The van der Waals surface area contributed by atoms with Crippen LogP contribution in [-0.2, 0) is 11.2 Å². The molecule has 0 radical (unpaired) electrons. The highest BCUT2D eigenvalue weighted by Crippen LogP contribution is 2.23. The van der Waals surface area contributed by atoms with Crippen molar-refractivity contribution in [1.29, 1.82) is 0 Å². The molecule has 7 heteroatoms. The zero-order chi connectivity index (χ0) is 19.8. The van der Waals surface area contributed by atoms with Crippen LogP contribution in [0, 0.1) is 24.0 Å². The summed E-state index contributed by atoms with van der Waals surface area (Å²) in [5.41, 5.74) is 5.94. The molecule has 0 aliphatic rings. The van der Waals surface area contributed by atoms with E-state index in [2.05, 4.69) is 10.5 Å². The van der Waals surface area contributed by atoms with E-state index in [0.29, 0.717) is 17.9 Å². The molecule has 1 N–H and O–H groups in total. The molecule has 2 rings (SSSR count). The molecule has 0 heterocycles. The van der Waals surface area contributed by atoms with E-state index in [-0.39, 0.29) is 18.0 Å². The fourth-order valence-corrected chi connectivity index (χ4v) is 2.52. The van der Waals surface area contributed by atoms with E-state index in [0.717, 1.165) is 23.1 Å². The summed E-state index contributed by atoms with van der Waals surface area (Å²) in [6.45, 7) is 6.40. The summed E-state index contributed by atoms with van der Waals surface area (Å²) < 4.78 is 5.57. The first kappa shape index (κ1) is 20.1. The fraction of sp³-hybridized carbons (Fsp3) is 0.300. The number of hydrazone groups is 1. The molecule has 0 spiro atoms. The minimum atomic E-state index is -0.486. The molecule has 0 aliphatic heterocycles. The van der Waals surface area contributed by atoms with E-state index >= 15 is 0 Å². The van der Waals surface area contributed by atoms with E-state index < -0.39 is 4.92 Å². The predicted octanol–water partition coefficient (Wildman–Crippen LogP) is 3.69. The number of ether oxygens (including phenoxy) is 1. The van der Waals surface area contributed by atoms with E-state index in [9.17, 15) is 14.9 Å². The first-order chi connectivity index (χ1) is 12.9. The average molecular weight is 369 g/mol. The van der Waals surface area contributed by atoms with Gasteiger partial charge in [-0.05, 0) is 37.5 Å². The van der Waals surface area contributed by atoms with Crippen molar-refractivity contribution in [3.05, 3.63) is 68.8 Å². The highest BCUT2D eigenvalue weighted by molar-refractivity contribution is 5.86. The molecule has 0 atom stereocenters. The Labute approximate surface area is 158 Å². The number of carbonyl (C=O) groups excluding carboxylic acids is 1. The molecule has 27 heavy (non-hydrogen) atoms. The molecule has 2 aromatic rings. The van der Waals surface area contributed by atoms with Crippen molar-refractivity contribution in [3.8, 4) is 5.75 Å². The number of non-ortho nitro benzene ring substituents is 1. The van der Waals surface area contributed by atoms with Crippen LogP contribution >= 0.6 is 0 Å². The van der Waals surface area contributed by atoms with Crippen molar-refractivity contribution in [1.82, 2.24) is 5.43 Å². The number of aryl methyl sites for hydroxylation is 2. The monoisotopic (exact) mass is 369 g/mol. The average Bonchev–Trinajstić information content (AvgIpc) is 2.62. The zero-order valence-electron chi connectivity index (χ0n) is 15.7. The summed E-state index contributed by atoms with van der Waals surface area (Å²) in [6, 6.07) is 10.2. The van der Waals surface area contributed by atoms with Crippen molar-refractivity contribution in [2.75, 3.05) is 6.61 Å². The van der Waals surface area contributed by atoms with E-state index in [1.54, 1.807) is 0 Å². The molecule has 0 saturated carbocycles. The molecule has 0 saturated heterocycles. The third kappa shape index (κ3) is 5.91. The smallest absolute Gasteiger partial charge is 0.270 e. The maximum atomic E-state index is 12.1. The number of carbonyl (C=O) groups is 1. The summed E-state index contributed by atoms with van der Waals surface area (Å²) >= 11 is 0. The number of rotatable bonds is 8. The molecule has 0 aromatic heterocycles. The largest absolute Gasteiger partial charge is 0.493 e. The summed E-state index contributed by atoms with van der Waals surface area (Å²) in [5.74, 6) is 0.217. The van der Waals surface area contributed by atoms with Crippen molar-refractivity contribution >= 4 is 17.8 Å². The molecule has 0 aliphatic carbocycles. The number of amides is 1. The van der Waals surface area contributed by atoms with Crippen LogP contribution in [0.15, 0.2) is 41.5 Å². The molecule has 0 fully saturated rings. The topological polar surface area (TPSA) is 93.8 Å². The van der Waals surface area contributed by atoms with Crippen molar-refractivity contribution in [3.63, 3.8) is 0 Å². The van der Waals surface area contributed by atoms with Crippen molar-refractivity contribution < 1.29 is 14.5 Å². The maximum Gasteiger partial charge on any atom is 0.270 e. The zero-order valence-corrected chi connectivity index (χ0v) is 15.7. The van der Waals surface area contributed by atoms with Gasteiger partial charge >= 0.3 is 0 Å². The number of nitrogens with zero attached hydrogens (tertiary/aromatic N) is 2. The van der Waals surface area contributed by atoms with Crippen molar-refractivity contribution in [2.45, 2.75) is 33.6 Å². The first-order valence-electron chi connectivity index (χ1n) is 8.70. The summed E-state index contributed by atoms with van der Waals surface area (Å²) in [5, 5.41) is 14.9. The predicted molar refractivity (Wildman–Crippen MR) is 104 cm³/mol. The lowest BCUT2D eigenvalue weighted by Crippen LogP contribution is -2.20. The standard InChI is InChI=1S/C20H23N3O4/c1-4-9-27-19-8-7-18(23(25)26)11-17(19)13-21-22-20(24)12-16-6-5-14(2)10-15(16)3/h5-8,10-11,13H,4,9,12H2,1-3H3,(H,22,24)/b21-13-. The Hall–Kier alpha value is -3.22. The van der Waals surface area contributed by atoms with Crippen LogP contribution in [0.25, 0.3) is 0 Å². The fourth-order valence-electron chi connectivity index (χ4n) is 2.52. The molecular formula is C20H23N3O4. The Morgan fingerprint density at radius 1 is 1.26 bits per heavy atom. The van der Waals surface area contributed by atoms with Crippen LogP contribution in [0.1, 0.15) is 35.6 Å².